The highest BCUT2D eigenvalue weighted by Gasteiger charge is 2.34. The predicted molar refractivity (Wildman–Crippen MR) is 183 cm³/mol. The first-order chi connectivity index (χ1) is 22.0. The minimum absolute atomic E-state index is 0.0490. The van der Waals surface area contributed by atoms with Gasteiger partial charge in [0.2, 0.25) is 0 Å². The molecular weight excluding hydrogens is 643 g/mol. The molecular formula is C33H23N5O5S3. The van der Waals surface area contributed by atoms with Crippen molar-refractivity contribution in [1.29, 1.82) is 0 Å². The summed E-state index contributed by atoms with van der Waals surface area (Å²) < 4.78 is 1.36. The van der Waals surface area contributed by atoms with Crippen LogP contribution in [0.15, 0.2) is 99.7 Å². The van der Waals surface area contributed by atoms with Crippen molar-refractivity contribution in [2.45, 2.75) is 23.1 Å². The van der Waals surface area contributed by atoms with Gasteiger partial charge in [-0.3, -0.25) is 34.7 Å². The minimum atomic E-state index is -0.691. The molecule has 6 rings (SSSR count). The summed E-state index contributed by atoms with van der Waals surface area (Å²) in [5, 5.41) is 17.5. The number of nitro groups is 1. The molecule has 13 heteroatoms. The molecule has 10 nitrogen and oxygen atoms in total. The predicted octanol–water partition coefficient (Wildman–Crippen LogP) is 7.06. The highest BCUT2D eigenvalue weighted by molar-refractivity contribution is 8.01. The molecule has 0 spiro atoms. The lowest BCUT2D eigenvalue weighted by molar-refractivity contribution is -0.387. The van der Waals surface area contributed by atoms with Crippen molar-refractivity contribution in [2.75, 3.05) is 10.2 Å². The smallest absolute Gasteiger partial charge is 0.283 e. The first-order valence-electron chi connectivity index (χ1n) is 13.8. The summed E-state index contributed by atoms with van der Waals surface area (Å²) in [6.07, 6.45) is 1.31. The van der Waals surface area contributed by atoms with Gasteiger partial charge in [0, 0.05) is 17.3 Å². The van der Waals surface area contributed by atoms with Gasteiger partial charge in [-0.1, -0.05) is 47.7 Å². The maximum absolute atomic E-state index is 13.4. The number of aromatic nitrogens is 1. The second-order valence-electron chi connectivity index (χ2n) is 10.4. The van der Waals surface area contributed by atoms with Gasteiger partial charge >= 0.3 is 0 Å². The molecule has 1 saturated heterocycles. The molecule has 1 aromatic heterocycles. The van der Waals surface area contributed by atoms with E-state index in [1.54, 1.807) is 54.6 Å². The summed E-state index contributed by atoms with van der Waals surface area (Å²) in [7, 11) is 0. The second-order valence-corrected chi connectivity index (χ2v) is 13.1. The summed E-state index contributed by atoms with van der Waals surface area (Å²) in [4.78, 5) is 56.5. The normalized spacial score (nSPS) is 14.1. The Hall–Kier alpha value is -5.24. The van der Waals surface area contributed by atoms with Gasteiger partial charge in [-0.05, 0) is 91.8 Å². The van der Waals surface area contributed by atoms with Crippen LogP contribution in [0, 0.1) is 24.0 Å². The van der Waals surface area contributed by atoms with Gasteiger partial charge < -0.3 is 5.32 Å². The van der Waals surface area contributed by atoms with Gasteiger partial charge in [0.15, 0.2) is 9.45 Å². The molecule has 3 amide bonds. The van der Waals surface area contributed by atoms with Crippen LogP contribution in [0.3, 0.4) is 0 Å². The molecule has 4 aromatic carbocycles. The lowest BCUT2D eigenvalue weighted by Crippen LogP contribution is -2.54. The maximum Gasteiger partial charge on any atom is 0.283 e. The fourth-order valence-corrected chi connectivity index (χ4v) is 7.13. The molecule has 0 unspecified atom stereocenters. The van der Waals surface area contributed by atoms with E-state index in [4.69, 9.17) is 12.2 Å². The number of nitrogens with zero attached hydrogens (tertiary/aromatic N) is 3. The second kappa shape index (κ2) is 12.6. The Morgan fingerprint density at radius 1 is 1.02 bits per heavy atom. The number of hydrogen-bond donors (Lipinski definition) is 2. The van der Waals surface area contributed by atoms with Crippen LogP contribution in [-0.2, 0) is 9.59 Å². The van der Waals surface area contributed by atoms with Gasteiger partial charge in [-0.2, -0.15) is 0 Å². The summed E-state index contributed by atoms with van der Waals surface area (Å²) in [5.41, 5.74) is 4.16. The molecule has 0 atom stereocenters. The standard InChI is InChI=1S/C33H23N5O5S3/c1-18-6-9-21(10-7-18)29(39)34-22-11-12-25-28(17-22)46-33(35-25)45-27-13-8-20(16-26(27)38(42)43)15-24-30(40)36-32(44)37(31(24)41)23-5-3-4-19(2)14-23/h3-17H,1-2H3,(H,34,39)(H,36,40,44)/b24-15+. The van der Waals surface area contributed by atoms with Crippen LogP contribution in [0.5, 0.6) is 0 Å². The number of fused-ring (bicyclic) bond motifs is 1. The van der Waals surface area contributed by atoms with Gasteiger partial charge in [-0.15, -0.1) is 11.3 Å². The Kier molecular flexibility index (Phi) is 8.45. The number of nitro benzene ring substituents is 1. The SMILES string of the molecule is Cc1ccc(C(=O)Nc2ccc3nc(Sc4ccc(/C=C5\C(=O)NC(=S)N(c6cccc(C)c6)C5=O)cc4[N+](=O)[O-])sc3c2)cc1. The molecule has 0 bridgehead atoms. The number of nitrogens with one attached hydrogen (secondary N) is 2. The van der Waals surface area contributed by atoms with E-state index in [2.05, 4.69) is 15.6 Å². The number of anilines is 2. The van der Waals surface area contributed by atoms with Crippen LogP contribution in [0.2, 0.25) is 0 Å². The van der Waals surface area contributed by atoms with E-state index in [1.807, 2.05) is 38.1 Å². The van der Waals surface area contributed by atoms with Gasteiger partial charge in [-0.25, -0.2) is 4.98 Å². The van der Waals surface area contributed by atoms with Crippen molar-refractivity contribution in [3.63, 3.8) is 0 Å². The summed E-state index contributed by atoms with van der Waals surface area (Å²) in [6.45, 7) is 3.82. The van der Waals surface area contributed by atoms with Crippen LogP contribution in [0.4, 0.5) is 17.1 Å². The number of amides is 3. The lowest BCUT2D eigenvalue weighted by Gasteiger charge is -2.29. The van der Waals surface area contributed by atoms with Gasteiger partial charge in [0.05, 0.1) is 25.7 Å². The summed E-state index contributed by atoms with van der Waals surface area (Å²) >= 11 is 7.72. The number of carbonyl (C=O) groups excluding carboxylic acids is 3. The first kappa shape index (κ1) is 30.8. The van der Waals surface area contributed by atoms with Crippen LogP contribution in [-0.4, -0.2) is 32.7 Å². The third-order valence-corrected chi connectivity index (χ3v) is 9.42. The van der Waals surface area contributed by atoms with Crippen molar-refractivity contribution < 1.29 is 19.3 Å². The molecule has 0 aliphatic carbocycles. The van der Waals surface area contributed by atoms with E-state index in [-0.39, 0.29) is 22.3 Å². The zero-order chi connectivity index (χ0) is 32.5. The summed E-state index contributed by atoms with van der Waals surface area (Å²) in [5.74, 6) is -1.56. The molecule has 1 aliphatic heterocycles. The molecule has 2 N–H and O–H groups in total. The largest absolute Gasteiger partial charge is 0.322 e. The Labute approximate surface area is 276 Å². The average Bonchev–Trinajstić information content (AvgIpc) is 3.41. The Bertz CT molecular complexity index is 2120. The third kappa shape index (κ3) is 6.42. The maximum atomic E-state index is 13.4. The number of hydrogen-bond acceptors (Lipinski definition) is 9. The zero-order valence-electron chi connectivity index (χ0n) is 24.3. The van der Waals surface area contributed by atoms with Crippen molar-refractivity contribution in [3.8, 4) is 0 Å². The monoisotopic (exact) mass is 665 g/mol. The van der Waals surface area contributed by atoms with Crippen molar-refractivity contribution in [3.05, 3.63) is 123 Å². The number of rotatable bonds is 7. The lowest BCUT2D eigenvalue weighted by atomic mass is 10.1. The Balaban J connectivity index is 1.24. The molecule has 5 aromatic rings. The van der Waals surface area contributed by atoms with E-state index < -0.39 is 16.7 Å². The Morgan fingerprint density at radius 3 is 2.54 bits per heavy atom. The van der Waals surface area contributed by atoms with Crippen molar-refractivity contribution in [2.24, 2.45) is 0 Å². The first-order valence-corrected chi connectivity index (χ1v) is 15.8. The van der Waals surface area contributed by atoms with E-state index in [9.17, 15) is 24.5 Å². The molecule has 0 radical (unpaired) electrons. The van der Waals surface area contributed by atoms with Crippen LogP contribution in [0.1, 0.15) is 27.0 Å². The quantitative estimate of drug-likeness (QED) is 0.0621. The van der Waals surface area contributed by atoms with Gasteiger partial charge in [0.25, 0.3) is 23.4 Å². The Morgan fingerprint density at radius 2 is 1.80 bits per heavy atom. The number of aryl methyl sites for hydroxylation is 2. The fourth-order valence-electron chi connectivity index (χ4n) is 4.71. The number of carbonyl (C=O) groups is 3. The van der Waals surface area contributed by atoms with Crippen molar-refractivity contribution >= 4 is 91.5 Å². The molecule has 1 fully saturated rings. The summed E-state index contributed by atoms with van der Waals surface area (Å²) in [6, 6.07) is 24.2. The number of thiazole rings is 1. The number of thiocarbonyl (C=S) groups is 1. The molecule has 1 aliphatic rings. The fraction of sp³-hybridized carbons (Fsp3) is 0.0606. The van der Waals surface area contributed by atoms with Crippen LogP contribution in [0.25, 0.3) is 16.3 Å². The van der Waals surface area contributed by atoms with E-state index in [0.717, 1.165) is 27.6 Å². The third-order valence-electron chi connectivity index (χ3n) is 6.99. The van der Waals surface area contributed by atoms with Gasteiger partial charge in [0.1, 0.15) is 5.57 Å². The highest BCUT2D eigenvalue weighted by atomic mass is 32.2. The molecule has 2 heterocycles. The highest BCUT2D eigenvalue weighted by Crippen LogP contribution is 2.40. The van der Waals surface area contributed by atoms with Crippen LogP contribution < -0.4 is 15.5 Å². The zero-order valence-corrected chi connectivity index (χ0v) is 26.7. The van der Waals surface area contributed by atoms with Crippen molar-refractivity contribution in [1.82, 2.24) is 10.3 Å². The average molecular weight is 666 g/mol. The molecule has 0 saturated carbocycles. The topological polar surface area (TPSA) is 135 Å². The van der Waals surface area contributed by atoms with Crippen LogP contribution >= 0.6 is 35.3 Å². The number of benzene rings is 4. The minimum Gasteiger partial charge on any atom is -0.322 e. The molecule has 228 valence electrons. The van der Waals surface area contributed by atoms with E-state index in [1.165, 1.54) is 28.4 Å². The van der Waals surface area contributed by atoms with E-state index >= 15 is 0 Å². The van der Waals surface area contributed by atoms with E-state index in [0.29, 0.717) is 37.3 Å². The molecule has 46 heavy (non-hydrogen) atoms.